The Bertz CT molecular complexity index is 3820. The van der Waals surface area contributed by atoms with Gasteiger partial charge in [0.1, 0.15) is 26.9 Å². The molecule has 0 saturated carbocycles. The maximum absolute atomic E-state index is 14.2. The summed E-state index contributed by atoms with van der Waals surface area (Å²) in [6.07, 6.45) is 13.5. The fourth-order valence-corrected chi connectivity index (χ4v) is 15.8. The predicted molar refractivity (Wildman–Crippen MR) is 389 cm³/mol. The average Bonchev–Trinajstić information content (AvgIpc) is 1.54. The summed E-state index contributed by atoms with van der Waals surface area (Å²) >= 11 is 2.59. The molecule has 1 radical (unpaired) electrons. The lowest BCUT2D eigenvalue weighted by Crippen LogP contribution is -2.52. The summed E-state index contributed by atoms with van der Waals surface area (Å²) in [4.78, 5) is 68.0. The van der Waals surface area contributed by atoms with E-state index in [1.807, 2.05) is 80.6 Å². The summed E-state index contributed by atoms with van der Waals surface area (Å²) in [5.74, 6) is -8.80. The van der Waals surface area contributed by atoms with Gasteiger partial charge in [-0.1, -0.05) is 166 Å². The van der Waals surface area contributed by atoms with Gasteiger partial charge < -0.3 is 43.2 Å². The number of carbonyl (C=O) groups excluding carboxylic acids is 5. The van der Waals surface area contributed by atoms with Crippen LogP contribution in [0.5, 0.6) is 11.5 Å². The van der Waals surface area contributed by atoms with E-state index >= 15 is 0 Å². The minimum absolute atomic E-state index is 0.00905. The van der Waals surface area contributed by atoms with E-state index in [1.54, 1.807) is 30.4 Å². The van der Waals surface area contributed by atoms with Crippen LogP contribution in [0.25, 0.3) is 0 Å². The van der Waals surface area contributed by atoms with Crippen molar-refractivity contribution in [2.24, 2.45) is 11.8 Å². The van der Waals surface area contributed by atoms with E-state index in [4.69, 9.17) is 23.4 Å². The summed E-state index contributed by atoms with van der Waals surface area (Å²) < 4.78 is 82.7. The summed E-state index contributed by atoms with van der Waals surface area (Å²) in [7, 11) is 4.10. The van der Waals surface area contributed by atoms with Gasteiger partial charge in [0.05, 0.1) is 32.4 Å². The van der Waals surface area contributed by atoms with Crippen molar-refractivity contribution < 1.29 is 70.1 Å². The first-order valence-electron chi connectivity index (χ1n) is 34.7. The van der Waals surface area contributed by atoms with Gasteiger partial charge in [0.15, 0.2) is 5.78 Å². The van der Waals surface area contributed by atoms with Crippen LogP contribution in [-0.2, 0) is 59.8 Å². The standard InChI is InChI=1S/C27H33F2NO4S.C27H31F2NO4S.C19H22BNO.C6H4BO2/c2*1-19(8-6-11-20-9-4-3-5-10-20)23(31)15-13-21-18-27(28,29)26(33)30(21)17-7-12-22-14-16-24(35-22)25(32)34-2;1-18-14-9-15-21(18)20(2)22-19(18,16-10-5-3-6-11-16)17-12-7-4-8-13-17;1-2-4-6-5(3-1)8-7-9-6/h3-5,9-10,13-16,19,21,23,31H,6-8,11-12,17-18H2,1-2H3;3-5,9-10,13-16,19,21H,6-8,11-12,17-18H2,1-2H3;3-8,10-13H,9,14-15H2,1-2H3;1-4H/b2*15-13+;;/t19-,21-,23+;19-,21-;18-;/m001./s1. The number of hydrogen-bond acceptors (Lipinski definition) is 14. The van der Waals surface area contributed by atoms with Crippen molar-refractivity contribution in [1.29, 1.82) is 0 Å². The van der Waals surface area contributed by atoms with Crippen LogP contribution in [0.1, 0.15) is 136 Å². The minimum Gasteiger partial charge on any atom is -0.524 e. The molecule has 22 heteroatoms. The van der Waals surface area contributed by atoms with Crippen LogP contribution < -0.4 is 9.31 Å². The molecule has 0 unspecified atom stereocenters. The van der Waals surface area contributed by atoms with Crippen LogP contribution in [0.15, 0.2) is 194 Å². The molecule has 2 amide bonds. The first kappa shape index (κ1) is 77.0. The number of ketones is 1. The molecule has 6 atom stereocenters. The number of alkyl halides is 4. The second kappa shape index (κ2) is 36.1. The summed E-state index contributed by atoms with van der Waals surface area (Å²) in [5, 5.41) is 10.5. The predicted octanol–water partition coefficient (Wildman–Crippen LogP) is 15.7. The van der Waals surface area contributed by atoms with Gasteiger partial charge in [0.2, 0.25) is 0 Å². The molecule has 0 aliphatic carbocycles. The van der Waals surface area contributed by atoms with Gasteiger partial charge in [-0.2, -0.15) is 17.6 Å². The molecule has 4 fully saturated rings. The van der Waals surface area contributed by atoms with Gasteiger partial charge in [-0.05, 0) is 168 Å². The number of allylic oxidation sites excluding steroid dienone is 1. The molecule has 14 nitrogen and oxygen atoms in total. The number of aryl methyl sites for hydroxylation is 4. The monoisotopic (exact) mass is 1420 g/mol. The number of benzene rings is 5. The van der Waals surface area contributed by atoms with E-state index in [1.165, 1.54) is 102 Å². The summed E-state index contributed by atoms with van der Waals surface area (Å²) in [6.45, 7) is 9.80. The molecular weight excluding hydrogens is 1330 g/mol. The molecule has 12 rings (SSSR count). The molecule has 7 aromatic rings. The Hall–Kier alpha value is -8.14. The number of halogens is 4. The number of thiophene rings is 2. The molecule has 4 saturated heterocycles. The van der Waals surface area contributed by atoms with E-state index in [2.05, 4.69) is 103 Å². The van der Waals surface area contributed by atoms with E-state index in [9.17, 15) is 46.6 Å². The Morgan fingerprint density at radius 3 is 1.54 bits per heavy atom. The van der Waals surface area contributed by atoms with Gasteiger partial charge in [-0.3, -0.25) is 14.4 Å². The van der Waals surface area contributed by atoms with Crippen LogP contribution in [-0.4, -0.2) is 133 Å². The molecule has 1 N–H and O–H groups in total. The third-order valence-electron chi connectivity index (χ3n) is 19.4. The number of methoxy groups -OCH3 is 2. The Kier molecular flexibility index (Phi) is 27.6. The summed E-state index contributed by atoms with van der Waals surface area (Å²) in [6, 6.07) is 54.6. The zero-order chi connectivity index (χ0) is 72.2. The number of para-hydroxylation sites is 2. The zero-order valence-corrected chi connectivity index (χ0v) is 59.9. The SMILES string of the molecule is CB1OC(c2ccccc2)(c2ccccc2)[C@@]2(C)CCCN12.COC(=O)c1ccc(CCCN2C(=O)C(F)(F)C[C@@H]2/C=C/C(=O)[C@@H](C)CCCc2ccccc2)s1.COC(=O)c1ccc(CCCN2C(=O)C(F)(F)C[C@@H]2/C=C/[C@@H](O)[C@@H](C)CCCc2ccccc2)s1.[B]1Oc2ccccc2O1. The summed E-state index contributed by atoms with van der Waals surface area (Å²) in [5.41, 5.74) is 4.62. The second-order valence-electron chi connectivity index (χ2n) is 26.4. The number of aliphatic hydroxyl groups is 1. The lowest BCUT2D eigenvalue weighted by Gasteiger charge is -2.44. The van der Waals surface area contributed by atoms with Crippen LogP contribution in [0, 0.1) is 11.8 Å². The van der Waals surface area contributed by atoms with Gasteiger partial charge in [0, 0.05) is 47.1 Å². The Labute approximate surface area is 600 Å². The highest BCUT2D eigenvalue weighted by Gasteiger charge is 2.64. The molecule has 5 aromatic carbocycles. The number of ether oxygens (including phenoxy) is 2. The fraction of sp³-hybridized carbons (Fsp3) is 0.405. The number of hydrogen-bond donors (Lipinski definition) is 1. The number of rotatable bonds is 26. The maximum Gasteiger partial charge on any atom is 0.658 e. The van der Waals surface area contributed by atoms with Crippen molar-refractivity contribution in [3.05, 3.63) is 236 Å². The number of nitrogens with zero attached hydrogens (tertiary/aromatic N) is 3. The Balaban J connectivity index is 0.000000169. The minimum atomic E-state index is -3.43. The number of esters is 2. The van der Waals surface area contributed by atoms with E-state index in [0.29, 0.717) is 41.9 Å². The second-order valence-corrected chi connectivity index (χ2v) is 28.8. The van der Waals surface area contributed by atoms with Crippen molar-refractivity contribution >= 4 is 66.9 Å². The topological polar surface area (TPSA) is 161 Å². The first-order chi connectivity index (χ1) is 48.6. The first-order valence-corrected chi connectivity index (χ1v) is 36.4. The molecular formula is C79H90B2F4N3O11S2. The number of amides is 2. The molecule has 0 bridgehead atoms. The molecule has 2 aromatic heterocycles. The number of fused-ring (bicyclic) bond motifs is 2. The maximum atomic E-state index is 14.2. The Morgan fingerprint density at radius 1 is 0.624 bits per heavy atom. The molecule has 7 heterocycles. The van der Waals surface area contributed by atoms with Gasteiger partial charge >= 0.3 is 38.5 Å². The smallest absolute Gasteiger partial charge is 0.524 e. The van der Waals surface area contributed by atoms with Crippen LogP contribution in [0.4, 0.5) is 17.6 Å². The number of likely N-dealkylation sites (tertiary alicyclic amines) is 2. The zero-order valence-electron chi connectivity index (χ0n) is 58.2. The molecule has 5 aliphatic heterocycles. The lowest BCUT2D eigenvalue weighted by atomic mass is 9.70. The average molecular weight is 1420 g/mol. The van der Waals surface area contributed by atoms with Gasteiger partial charge in [-0.15, -0.1) is 22.7 Å². The normalized spacial score (nSPS) is 20.0. The highest BCUT2D eigenvalue weighted by atomic mass is 32.1. The fourth-order valence-electron chi connectivity index (χ4n) is 13.9. The molecule has 101 heavy (non-hydrogen) atoms. The highest BCUT2D eigenvalue weighted by molar-refractivity contribution is 7.14. The van der Waals surface area contributed by atoms with Crippen molar-refractivity contribution in [3.8, 4) is 11.5 Å². The van der Waals surface area contributed by atoms with Crippen molar-refractivity contribution in [2.75, 3.05) is 33.9 Å². The third kappa shape index (κ3) is 19.7. The largest absolute Gasteiger partial charge is 0.658 e. The van der Waals surface area contributed by atoms with Crippen molar-refractivity contribution in [1.82, 2.24) is 14.6 Å². The van der Waals surface area contributed by atoms with Crippen LogP contribution in [0.3, 0.4) is 0 Å². The van der Waals surface area contributed by atoms with Crippen molar-refractivity contribution in [2.45, 2.75) is 159 Å². The van der Waals surface area contributed by atoms with Gasteiger partial charge in [0.25, 0.3) is 11.8 Å². The van der Waals surface area contributed by atoms with Gasteiger partial charge in [-0.25, -0.2) is 9.59 Å². The highest BCUT2D eigenvalue weighted by Crippen LogP contribution is 2.56. The van der Waals surface area contributed by atoms with Crippen LogP contribution in [0.2, 0.25) is 6.82 Å². The van der Waals surface area contributed by atoms with Crippen LogP contribution >= 0.6 is 22.7 Å². The van der Waals surface area contributed by atoms with Crippen molar-refractivity contribution in [3.63, 3.8) is 0 Å². The molecule has 0 spiro atoms. The molecule has 5 aliphatic rings. The van der Waals surface area contributed by atoms with E-state index < -0.39 is 66.6 Å². The quantitative estimate of drug-likeness (QED) is 0.0180. The lowest BCUT2D eigenvalue weighted by molar-refractivity contribution is -0.148. The van der Waals surface area contributed by atoms with E-state index in [-0.39, 0.29) is 48.9 Å². The third-order valence-corrected chi connectivity index (χ3v) is 21.7. The molecule has 533 valence electrons. The number of aliphatic hydroxyl groups excluding tert-OH is 1. The van der Waals surface area contributed by atoms with E-state index in [0.717, 1.165) is 59.9 Å². The Morgan fingerprint density at radius 2 is 1.07 bits per heavy atom. The number of carbonyl (C=O) groups is 5.